The number of carbonyl (C=O) groups excluding carboxylic acids is 1. The molecule has 5 nitrogen and oxygen atoms in total. The lowest BCUT2D eigenvalue weighted by atomic mass is 9.99. The van der Waals surface area contributed by atoms with Crippen molar-refractivity contribution in [2.24, 2.45) is 0 Å². The highest BCUT2D eigenvalue weighted by Crippen LogP contribution is 2.33. The number of benzene rings is 2. The molecule has 0 radical (unpaired) electrons. The number of aryl methyl sites for hydroxylation is 1. The lowest BCUT2D eigenvalue weighted by Crippen LogP contribution is -2.13. The van der Waals surface area contributed by atoms with Gasteiger partial charge in [-0.2, -0.15) is 16.6 Å². The topological polar surface area (TPSA) is 68.6 Å². The van der Waals surface area contributed by atoms with Crippen molar-refractivity contribution in [2.45, 2.75) is 39.4 Å². The fraction of sp³-hybridized carbons (Fsp3) is 0.280. The van der Waals surface area contributed by atoms with Gasteiger partial charge in [-0.3, -0.25) is 4.79 Å². The number of nitrogens with zero attached hydrogens (tertiary/aromatic N) is 1. The quantitative estimate of drug-likeness (QED) is 0.367. The fourth-order valence-corrected chi connectivity index (χ4v) is 3.84. The van der Waals surface area contributed by atoms with E-state index < -0.39 is 6.10 Å². The molecule has 0 aliphatic heterocycles. The van der Waals surface area contributed by atoms with Gasteiger partial charge in [-0.25, -0.2) is 0 Å². The zero-order valence-corrected chi connectivity index (χ0v) is 18.5. The van der Waals surface area contributed by atoms with Gasteiger partial charge in [0.25, 0.3) is 0 Å². The smallest absolute Gasteiger partial charge is 0.305 e. The first-order valence-electron chi connectivity index (χ1n) is 10.2. The average molecular weight is 436 g/mol. The van der Waals surface area contributed by atoms with E-state index in [0.29, 0.717) is 36.7 Å². The first-order chi connectivity index (χ1) is 15.1. The maximum Gasteiger partial charge on any atom is 0.305 e. The normalized spacial score (nSPS) is 11.4. The van der Waals surface area contributed by atoms with Crippen molar-refractivity contribution in [3.05, 3.63) is 81.5 Å². The largest absolute Gasteiger partial charge is 0.489 e. The van der Waals surface area contributed by atoms with Crippen molar-refractivity contribution < 1.29 is 19.0 Å². The third-order valence-electron chi connectivity index (χ3n) is 4.78. The molecule has 0 saturated heterocycles. The van der Waals surface area contributed by atoms with Gasteiger partial charge < -0.3 is 14.2 Å². The van der Waals surface area contributed by atoms with Crippen LogP contribution in [0.15, 0.2) is 59.3 Å². The second-order valence-corrected chi connectivity index (χ2v) is 7.78. The van der Waals surface area contributed by atoms with E-state index >= 15 is 0 Å². The molecule has 1 unspecified atom stereocenters. The van der Waals surface area contributed by atoms with Crippen molar-refractivity contribution in [2.75, 3.05) is 6.61 Å². The number of hydrogen-bond donors (Lipinski definition) is 0. The van der Waals surface area contributed by atoms with Crippen molar-refractivity contribution in [1.82, 2.24) is 0 Å². The van der Waals surface area contributed by atoms with Crippen molar-refractivity contribution in [1.29, 1.82) is 5.26 Å². The molecule has 160 valence electrons. The SMILES string of the molecule is CCOC(=O)CCC(Oc1cc(OCc2ccsc2)ccc1C#N)c1ccccc1C. The van der Waals surface area contributed by atoms with Gasteiger partial charge in [0.2, 0.25) is 0 Å². The molecule has 2 aromatic carbocycles. The Morgan fingerprint density at radius 2 is 2.03 bits per heavy atom. The van der Waals surface area contributed by atoms with Gasteiger partial charge in [-0.05, 0) is 65.9 Å². The van der Waals surface area contributed by atoms with Crippen LogP contribution in [0.4, 0.5) is 0 Å². The van der Waals surface area contributed by atoms with Crippen molar-refractivity contribution in [3.8, 4) is 17.6 Å². The fourth-order valence-electron chi connectivity index (χ4n) is 3.19. The molecule has 0 N–H and O–H groups in total. The maximum atomic E-state index is 11.9. The number of nitriles is 1. The highest BCUT2D eigenvalue weighted by atomic mass is 32.1. The molecule has 31 heavy (non-hydrogen) atoms. The molecular formula is C25H25NO4S. The monoisotopic (exact) mass is 435 g/mol. The molecule has 1 heterocycles. The Kier molecular flexibility index (Phi) is 8.08. The van der Waals surface area contributed by atoms with Gasteiger partial charge in [0.15, 0.2) is 0 Å². The van der Waals surface area contributed by atoms with E-state index in [4.69, 9.17) is 14.2 Å². The van der Waals surface area contributed by atoms with Gasteiger partial charge >= 0.3 is 5.97 Å². The molecule has 0 aliphatic rings. The van der Waals surface area contributed by atoms with Crippen LogP contribution >= 0.6 is 11.3 Å². The van der Waals surface area contributed by atoms with E-state index in [1.165, 1.54) is 0 Å². The second-order valence-electron chi connectivity index (χ2n) is 7.00. The Hall–Kier alpha value is -3.30. The van der Waals surface area contributed by atoms with Crippen LogP contribution in [0.3, 0.4) is 0 Å². The third-order valence-corrected chi connectivity index (χ3v) is 5.51. The average Bonchev–Trinajstić information content (AvgIpc) is 3.30. The van der Waals surface area contributed by atoms with Gasteiger partial charge in [0.05, 0.1) is 12.2 Å². The number of ether oxygens (including phenoxy) is 3. The summed E-state index contributed by atoms with van der Waals surface area (Å²) in [6.45, 7) is 4.57. The summed E-state index contributed by atoms with van der Waals surface area (Å²) in [5.41, 5.74) is 3.53. The molecule has 6 heteroatoms. The minimum Gasteiger partial charge on any atom is -0.489 e. The highest BCUT2D eigenvalue weighted by molar-refractivity contribution is 7.07. The minimum absolute atomic E-state index is 0.225. The van der Waals surface area contributed by atoms with E-state index in [0.717, 1.165) is 16.7 Å². The van der Waals surface area contributed by atoms with E-state index in [1.54, 1.807) is 36.5 Å². The van der Waals surface area contributed by atoms with Gasteiger partial charge in [-0.1, -0.05) is 24.3 Å². The third kappa shape index (κ3) is 6.34. The summed E-state index contributed by atoms with van der Waals surface area (Å²) in [4.78, 5) is 11.9. The van der Waals surface area contributed by atoms with Crippen molar-refractivity contribution in [3.63, 3.8) is 0 Å². The second kappa shape index (κ2) is 11.2. The lowest BCUT2D eigenvalue weighted by Gasteiger charge is -2.22. The molecule has 3 aromatic rings. The molecule has 1 atom stereocenters. The molecule has 0 bridgehead atoms. The summed E-state index contributed by atoms with van der Waals surface area (Å²) in [5.74, 6) is 0.787. The molecule has 0 saturated carbocycles. The van der Waals surface area contributed by atoms with Crippen LogP contribution in [0.5, 0.6) is 11.5 Å². The molecule has 0 amide bonds. The zero-order chi connectivity index (χ0) is 22.1. The number of thiophene rings is 1. The Morgan fingerprint density at radius 1 is 1.19 bits per heavy atom. The van der Waals surface area contributed by atoms with Crippen LogP contribution in [-0.4, -0.2) is 12.6 Å². The predicted molar refractivity (Wildman–Crippen MR) is 120 cm³/mol. The van der Waals surface area contributed by atoms with Crippen LogP contribution in [0.25, 0.3) is 0 Å². The summed E-state index contributed by atoms with van der Waals surface area (Å²) >= 11 is 1.62. The van der Waals surface area contributed by atoms with Gasteiger partial charge in [-0.15, -0.1) is 0 Å². The Morgan fingerprint density at radius 3 is 2.74 bits per heavy atom. The lowest BCUT2D eigenvalue weighted by molar-refractivity contribution is -0.143. The van der Waals surface area contributed by atoms with Gasteiger partial charge in [0.1, 0.15) is 30.3 Å². The predicted octanol–water partition coefficient (Wildman–Crippen LogP) is 5.97. The Bertz CT molecular complexity index is 1040. The number of esters is 1. The number of hydrogen-bond acceptors (Lipinski definition) is 6. The molecule has 0 fully saturated rings. The highest BCUT2D eigenvalue weighted by Gasteiger charge is 2.20. The summed E-state index contributed by atoms with van der Waals surface area (Å²) < 4.78 is 17.3. The Labute approximate surface area is 186 Å². The van der Waals surface area contributed by atoms with Crippen LogP contribution in [-0.2, 0) is 16.1 Å². The van der Waals surface area contributed by atoms with E-state index in [9.17, 15) is 10.1 Å². The zero-order valence-electron chi connectivity index (χ0n) is 17.7. The molecule has 0 aliphatic carbocycles. The van der Waals surface area contributed by atoms with E-state index in [2.05, 4.69) is 6.07 Å². The molecular weight excluding hydrogens is 410 g/mol. The summed E-state index contributed by atoms with van der Waals surface area (Å²) in [6, 6.07) is 17.3. The summed E-state index contributed by atoms with van der Waals surface area (Å²) in [7, 11) is 0. The molecule has 3 rings (SSSR count). The maximum absolute atomic E-state index is 11.9. The first-order valence-corrected chi connectivity index (χ1v) is 11.1. The molecule has 1 aromatic heterocycles. The van der Waals surface area contributed by atoms with Crippen molar-refractivity contribution >= 4 is 17.3 Å². The number of rotatable bonds is 10. The van der Waals surface area contributed by atoms with E-state index in [-0.39, 0.29) is 12.4 Å². The molecule has 0 spiro atoms. The first kappa shape index (κ1) is 22.4. The van der Waals surface area contributed by atoms with Crippen LogP contribution in [0, 0.1) is 18.3 Å². The minimum atomic E-state index is -0.398. The van der Waals surface area contributed by atoms with E-state index in [1.807, 2.05) is 48.0 Å². The van der Waals surface area contributed by atoms with Crippen LogP contribution in [0.1, 0.15) is 48.1 Å². The Balaban J connectivity index is 1.82. The summed E-state index contributed by atoms with van der Waals surface area (Å²) in [6.07, 6.45) is 0.266. The van der Waals surface area contributed by atoms with Crippen LogP contribution in [0.2, 0.25) is 0 Å². The standard InChI is InChI=1S/C25H25NO4S/c1-3-28-25(27)11-10-23(22-7-5-4-6-18(22)2)30-24-14-21(9-8-20(24)15-26)29-16-19-12-13-31-17-19/h4-9,12-14,17,23H,3,10-11,16H2,1-2H3. The summed E-state index contributed by atoms with van der Waals surface area (Å²) in [5, 5.41) is 13.6. The van der Waals surface area contributed by atoms with Crippen LogP contribution < -0.4 is 9.47 Å². The van der Waals surface area contributed by atoms with Gasteiger partial charge in [0, 0.05) is 12.5 Å². The number of carbonyl (C=O) groups is 1.